The first-order valence-corrected chi connectivity index (χ1v) is 5.90. The number of benzene rings is 1. The van der Waals surface area contributed by atoms with Crippen molar-refractivity contribution in [2.45, 2.75) is 13.5 Å². The molecule has 0 atom stereocenters. The van der Waals surface area contributed by atoms with E-state index in [4.69, 9.17) is 4.52 Å². The van der Waals surface area contributed by atoms with Gasteiger partial charge in [0.2, 0.25) is 0 Å². The highest BCUT2D eigenvalue weighted by atomic mass is 16.5. The van der Waals surface area contributed by atoms with Gasteiger partial charge in [-0.3, -0.25) is 4.79 Å². The lowest BCUT2D eigenvalue weighted by molar-refractivity contribution is 0.399. The predicted octanol–water partition coefficient (Wildman–Crippen LogP) is 1.36. The average molecular weight is 257 g/mol. The molecule has 0 radical (unpaired) electrons. The van der Waals surface area contributed by atoms with Crippen LogP contribution in [-0.4, -0.2) is 14.9 Å². The number of aromatic amines is 1. The molecule has 1 aromatic carbocycles. The van der Waals surface area contributed by atoms with Gasteiger partial charge < -0.3 is 4.52 Å². The number of nitrogens with zero attached hydrogens (tertiary/aromatic N) is 2. The molecule has 0 aliphatic rings. The highest BCUT2D eigenvalue weighted by Crippen LogP contribution is 2.21. The molecular weight excluding hydrogens is 246 g/mol. The van der Waals surface area contributed by atoms with Crippen LogP contribution in [0.4, 0.5) is 0 Å². The van der Waals surface area contributed by atoms with Gasteiger partial charge in [-0.25, -0.2) is 14.6 Å². The minimum absolute atomic E-state index is 0.153. The molecule has 0 fully saturated rings. The van der Waals surface area contributed by atoms with E-state index >= 15 is 0 Å². The molecule has 1 N–H and O–H groups in total. The lowest BCUT2D eigenvalue weighted by atomic mass is 10.1. The van der Waals surface area contributed by atoms with Gasteiger partial charge in [0.15, 0.2) is 5.52 Å². The zero-order chi connectivity index (χ0) is 13.4. The van der Waals surface area contributed by atoms with E-state index in [0.29, 0.717) is 12.2 Å². The molecule has 0 bridgehead atoms. The first-order chi connectivity index (χ1) is 9.22. The van der Waals surface area contributed by atoms with Crippen LogP contribution < -0.4 is 11.2 Å². The maximum Gasteiger partial charge on any atom is 0.367 e. The molecule has 2 heterocycles. The molecule has 0 aliphatic carbocycles. The second-order valence-electron chi connectivity index (χ2n) is 4.08. The summed E-state index contributed by atoms with van der Waals surface area (Å²) in [5.41, 5.74) is 0.430. The normalized spacial score (nSPS) is 11.0. The van der Waals surface area contributed by atoms with E-state index in [1.807, 2.05) is 37.3 Å². The maximum atomic E-state index is 12.0. The van der Waals surface area contributed by atoms with Gasteiger partial charge in [0.1, 0.15) is 11.1 Å². The Hall–Kier alpha value is -2.63. The summed E-state index contributed by atoms with van der Waals surface area (Å²) in [4.78, 5) is 23.8. The summed E-state index contributed by atoms with van der Waals surface area (Å²) in [7, 11) is 0. The van der Waals surface area contributed by atoms with Gasteiger partial charge >= 0.3 is 5.63 Å². The number of H-pyrrole nitrogens is 1. The molecule has 0 amide bonds. The minimum atomic E-state index is -0.582. The smallest absolute Gasteiger partial charge is 0.338 e. The van der Waals surface area contributed by atoms with Crippen LogP contribution >= 0.6 is 0 Å². The van der Waals surface area contributed by atoms with Gasteiger partial charge in [0.05, 0.1) is 0 Å². The van der Waals surface area contributed by atoms with Crippen LogP contribution in [0.25, 0.3) is 22.2 Å². The Balaban J connectivity index is 2.48. The summed E-state index contributed by atoms with van der Waals surface area (Å²) >= 11 is 0. The van der Waals surface area contributed by atoms with E-state index < -0.39 is 5.63 Å². The molecule has 0 saturated carbocycles. The van der Waals surface area contributed by atoms with Crippen LogP contribution in [0.5, 0.6) is 0 Å². The molecule has 0 spiro atoms. The molecule has 19 heavy (non-hydrogen) atoms. The van der Waals surface area contributed by atoms with Crippen LogP contribution in [0, 0.1) is 0 Å². The number of nitrogens with one attached hydrogen (secondary N) is 1. The fourth-order valence-electron chi connectivity index (χ4n) is 2.02. The number of hydrogen-bond acceptors (Lipinski definition) is 4. The van der Waals surface area contributed by atoms with Crippen molar-refractivity contribution in [3.63, 3.8) is 0 Å². The van der Waals surface area contributed by atoms with Crippen LogP contribution in [0.2, 0.25) is 0 Å². The van der Waals surface area contributed by atoms with E-state index in [2.05, 4.69) is 10.3 Å². The Morgan fingerprint density at radius 2 is 2.00 bits per heavy atom. The van der Waals surface area contributed by atoms with Crippen molar-refractivity contribution in [1.29, 1.82) is 0 Å². The molecule has 0 aliphatic heterocycles. The summed E-state index contributed by atoms with van der Waals surface area (Å²) in [5, 5.41) is 6.82. The molecule has 0 unspecified atom stereocenters. The molecular formula is C13H11N3O3. The number of aryl methyl sites for hydroxylation is 1. The fourth-order valence-corrected chi connectivity index (χ4v) is 2.02. The standard InChI is InChI=1S/C13H11N3O3/c1-2-16-12(17)11-9(13(18)19-15-11)10(14-16)8-6-4-3-5-7-8/h3-7,15H,2H2,1H3. The van der Waals surface area contributed by atoms with Gasteiger partial charge in [-0.05, 0) is 6.92 Å². The third kappa shape index (κ3) is 1.69. The molecule has 6 nitrogen and oxygen atoms in total. The quantitative estimate of drug-likeness (QED) is 0.751. The third-order valence-electron chi connectivity index (χ3n) is 2.95. The van der Waals surface area contributed by atoms with E-state index in [1.165, 1.54) is 4.68 Å². The number of rotatable bonds is 2. The highest BCUT2D eigenvalue weighted by Gasteiger charge is 2.17. The Labute approximate surface area is 107 Å². The predicted molar refractivity (Wildman–Crippen MR) is 70.0 cm³/mol. The summed E-state index contributed by atoms with van der Waals surface area (Å²) in [5.74, 6) is 0. The largest absolute Gasteiger partial charge is 0.367 e. The van der Waals surface area contributed by atoms with Crippen molar-refractivity contribution in [3.05, 3.63) is 51.1 Å². The first kappa shape index (κ1) is 11.5. The van der Waals surface area contributed by atoms with E-state index in [1.54, 1.807) is 0 Å². The lowest BCUT2D eigenvalue weighted by Gasteiger charge is -2.05. The van der Waals surface area contributed by atoms with Crippen LogP contribution in [-0.2, 0) is 6.54 Å². The number of fused-ring (bicyclic) bond motifs is 1. The lowest BCUT2D eigenvalue weighted by Crippen LogP contribution is -2.23. The molecule has 2 aromatic heterocycles. The SMILES string of the molecule is CCn1nc(-c2ccccc2)c2c(=O)o[nH]c2c1=O. The molecule has 3 rings (SSSR count). The van der Waals surface area contributed by atoms with Crippen LogP contribution in [0.15, 0.2) is 44.4 Å². The van der Waals surface area contributed by atoms with Crippen molar-refractivity contribution < 1.29 is 4.52 Å². The second-order valence-corrected chi connectivity index (χ2v) is 4.08. The van der Waals surface area contributed by atoms with Gasteiger partial charge in [0, 0.05) is 12.1 Å². The zero-order valence-electron chi connectivity index (χ0n) is 10.2. The third-order valence-corrected chi connectivity index (χ3v) is 2.95. The summed E-state index contributed by atoms with van der Waals surface area (Å²) < 4.78 is 6.03. The van der Waals surface area contributed by atoms with Crippen LogP contribution in [0.3, 0.4) is 0 Å². The Kier molecular flexibility index (Phi) is 2.56. The first-order valence-electron chi connectivity index (χ1n) is 5.90. The molecule has 96 valence electrons. The monoisotopic (exact) mass is 257 g/mol. The Morgan fingerprint density at radius 1 is 1.26 bits per heavy atom. The van der Waals surface area contributed by atoms with E-state index in [-0.39, 0.29) is 16.5 Å². The van der Waals surface area contributed by atoms with E-state index in [0.717, 1.165) is 5.56 Å². The zero-order valence-corrected chi connectivity index (χ0v) is 10.2. The minimum Gasteiger partial charge on any atom is -0.338 e. The molecule has 3 aromatic rings. The Morgan fingerprint density at radius 3 is 2.68 bits per heavy atom. The molecule has 0 saturated heterocycles. The van der Waals surface area contributed by atoms with Gasteiger partial charge in [-0.15, -0.1) is 0 Å². The second kappa shape index (κ2) is 4.24. The van der Waals surface area contributed by atoms with Crippen LogP contribution in [0.1, 0.15) is 6.92 Å². The fraction of sp³-hybridized carbons (Fsp3) is 0.154. The summed E-state index contributed by atoms with van der Waals surface area (Å²) in [6.45, 7) is 2.23. The van der Waals surface area contributed by atoms with E-state index in [9.17, 15) is 9.59 Å². The van der Waals surface area contributed by atoms with Crippen molar-refractivity contribution in [3.8, 4) is 11.3 Å². The van der Waals surface area contributed by atoms with Gasteiger partial charge in [-0.1, -0.05) is 30.3 Å². The number of hydrogen-bond donors (Lipinski definition) is 1. The molecule has 6 heteroatoms. The summed E-state index contributed by atoms with van der Waals surface area (Å²) in [6, 6.07) is 9.23. The maximum absolute atomic E-state index is 12.0. The van der Waals surface area contributed by atoms with Crippen molar-refractivity contribution >= 4 is 10.9 Å². The Bertz CT molecular complexity index is 843. The van der Waals surface area contributed by atoms with Crippen molar-refractivity contribution in [2.24, 2.45) is 0 Å². The summed E-state index contributed by atoms with van der Waals surface area (Å²) in [6.07, 6.45) is 0. The number of aromatic nitrogens is 3. The average Bonchev–Trinajstić information content (AvgIpc) is 2.83. The highest BCUT2D eigenvalue weighted by molar-refractivity contribution is 5.90. The van der Waals surface area contributed by atoms with Crippen molar-refractivity contribution in [1.82, 2.24) is 14.9 Å². The topological polar surface area (TPSA) is 80.9 Å². The van der Waals surface area contributed by atoms with Gasteiger partial charge in [0.25, 0.3) is 5.56 Å². The van der Waals surface area contributed by atoms with Gasteiger partial charge in [-0.2, -0.15) is 5.10 Å². The van der Waals surface area contributed by atoms with Crippen molar-refractivity contribution in [2.75, 3.05) is 0 Å².